The van der Waals surface area contributed by atoms with Crippen LogP contribution in [0.1, 0.15) is 12.8 Å². The van der Waals surface area contributed by atoms with Crippen LogP contribution < -0.4 is 10.2 Å². The van der Waals surface area contributed by atoms with E-state index in [0.29, 0.717) is 6.61 Å². The third kappa shape index (κ3) is 8.09. The van der Waals surface area contributed by atoms with Crippen molar-refractivity contribution in [2.24, 2.45) is 0 Å². The molecule has 0 aliphatic heterocycles. The minimum Gasteiger partial charge on any atom is -0.480 e. The minimum atomic E-state index is -0.806. The summed E-state index contributed by atoms with van der Waals surface area (Å²) in [4.78, 5) is 17.3. The summed E-state index contributed by atoms with van der Waals surface area (Å²) in [6.45, 7) is 3.12. The Morgan fingerprint density at radius 2 is 1.94 bits per heavy atom. The highest BCUT2D eigenvalue weighted by Gasteiger charge is 2.07. The zero-order valence-corrected chi connectivity index (χ0v) is 20.1. The topological polar surface area (TPSA) is 74.7 Å². The standard InChI is InChI=1S/C24H31N3O3S2/c1-27(13-15-30-14-4-5-16-31-17-12-25-18-23(28)29)20-10-8-19(9-11-20)24-26-21-6-2-3-7-22(21)32-24/h2-3,6-11,25H,4-5,12-18H2,1H3,(H,28,29). The summed E-state index contributed by atoms with van der Waals surface area (Å²) in [5, 5.41) is 12.5. The van der Waals surface area contributed by atoms with E-state index in [-0.39, 0.29) is 6.54 Å². The van der Waals surface area contributed by atoms with E-state index >= 15 is 0 Å². The summed E-state index contributed by atoms with van der Waals surface area (Å²) in [6.07, 6.45) is 2.17. The fourth-order valence-electron chi connectivity index (χ4n) is 3.14. The highest BCUT2D eigenvalue weighted by molar-refractivity contribution is 7.99. The number of ether oxygens (including phenoxy) is 1. The number of nitrogens with one attached hydrogen (secondary N) is 1. The second-order valence-electron chi connectivity index (χ2n) is 7.46. The lowest BCUT2D eigenvalue weighted by molar-refractivity contribution is -0.135. The Kier molecular flexibility index (Phi) is 10.3. The zero-order valence-electron chi connectivity index (χ0n) is 18.5. The van der Waals surface area contributed by atoms with Crippen molar-refractivity contribution >= 4 is 45.0 Å². The van der Waals surface area contributed by atoms with Crippen LogP contribution in [-0.2, 0) is 9.53 Å². The number of unbranched alkanes of at least 4 members (excludes halogenated alkanes) is 1. The van der Waals surface area contributed by atoms with E-state index in [0.717, 1.165) is 60.1 Å². The maximum Gasteiger partial charge on any atom is 0.317 e. The average molecular weight is 474 g/mol. The van der Waals surface area contributed by atoms with Crippen LogP contribution in [0, 0.1) is 0 Å². The van der Waals surface area contributed by atoms with Gasteiger partial charge in [0.15, 0.2) is 0 Å². The van der Waals surface area contributed by atoms with Crippen molar-refractivity contribution in [1.82, 2.24) is 10.3 Å². The first-order chi connectivity index (χ1) is 15.6. The van der Waals surface area contributed by atoms with E-state index in [2.05, 4.69) is 59.7 Å². The fraction of sp³-hybridized carbons (Fsp3) is 0.417. The fourth-order valence-corrected chi connectivity index (χ4v) is 5.01. The predicted octanol–water partition coefficient (Wildman–Crippen LogP) is 4.60. The molecule has 1 aromatic heterocycles. The molecule has 32 heavy (non-hydrogen) atoms. The number of thioether (sulfide) groups is 1. The molecule has 0 atom stereocenters. The molecule has 0 bridgehead atoms. The van der Waals surface area contributed by atoms with Crippen molar-refractivity contribution in [2.75, 3.05) is 56.3 Å². The van der Waals surface area contributed by atoms with Gasteiger partial charge in [0.25, 0.3) is 0 Å². The molecule has 0 amide bonds. The summed E-state index contributed by atoms with van der Waals surface area (Å²) in [5.74, 6) is 1.22. The maximum atomic E-state index is 10.4. The number of fused-ring (bicyclic) bond motifs is 1. The lowest BCUT2D eigenvalue weighted by Gasteiger charge is -2.19. The lowest BCUT2D eigenvalue weighted by Crippen LogP contribution is -2.24. The monoisotopic (exact) mass is 473 g/mol. The Morgan fingerprint density at radius 1 is 1.12 bits per heavy atom. The number of rotatable bonds is 15. The van der Waals surface area contributed by atoms with Crippen molar-refractivity contribution in [3.8, 4) is 10.6 Å². The molecule has 0 spiro atoms. The third-order valence-electron chi connectivity index (χ3n) is 4.95. The van der Waals surface area contributed by atoms with Gasteiger partial charge in [-0.25, -0.2) is 4.98 Å². The number of aliphatic carboxylic acids is 1. The van der Waals surface area contributed by atoms with Crippen LogP contribution in [-0.4, -0.2) is 67.5 Å². The number of hydrogen-bond donors (Lipinski definition) is 2. The first-order valence-electron chi connectivity index (χ1n) is 10.9. The molecule has 0 fully saturated rings. The summed E-state index contributed by atoms with van der Waals surface area (Å²) in [5.41, 5.74) is 3.37. The van der Waals surface area contributed by atoms with Crippen LogP contribution >= 0.6 is 23.1 Å². The van der Waals surface area contributed by atoms with Crippen molar-refractivity contribution in [1.29, 1.82) is 0 Å². The van der Waals surface area contributed by atoms with E-state index in [1.165, 1.54) is 10.4 Å². The number of nitrogens with zero attached hydrogens (tertiary/aromatic N) is 2. The Labute approximate surface area is 198 Å². The summed E-state index contributed by atoms with van der Waals surface area (Å²) >= 11 is 3.57. The molecule has 0 saturated carbocycles. The van der Waals surface area contributed by atoms with Crippen molar-refractivity contribution in [3.05, 3.63) is 48.5 Å². The van der Waals surface area contributed by atoms with E-state index in [1.54, 1.807) is 11.3 Å². The number of anilines is 1. The number of benzene rings is 2. The van der Waals surface area contributed by atoms with Gasteiger partial charge in [0.1, 0.15) is 5.01 Å². The molecule has 0 aliphatic rings. The molecule has 3 rings (SSSR count). The summed E-state index contributed by atoms with van der Waals surface area (Å²) in [6, 6.07) is 16.8. The predicted molar refractivity (Wildman–Crippen MR) is 136 cm³/mol. The molecule has 3 aromatic rings. The van der Waals surface area contributed by atoms with E-state index in [9.17, 15) is 4.79 Å². The van der Waals surface area contributed by atoms with Gasteiger partial charge in [0.05, 0.1) is 23.4 Å². The summed E-state index contributed by atoms with van der Waals surface area (Å²) in [7, 11) is 2.09. The number of aromatic nitrogens is 1. The molecule has 0 unspecified atom stereocenters. The van der Waals surface area contributed by atoms with Gasteiger partial charge in [-0.2, -0.15) is 11.8 Å². The molecule has 6 nitrogen and oxygen atoms in total. The Balaban J connectivity index is 1.27. The number of carbonyl (C=O) groups is 1. The van der Waals surface area contributed by atoms with Crippen LogP contribution in [0.5, 0.6) is 0 Å². The van der Waals surface area contributed by atoms with Crippen LogP contribution in [0.25, 0.3) is 20.8 Å². The van der Waals surface area contributed by atoms with Gasteiger partial charge >= 0.3 is 5.97 Å². The minimum absolute atomic E-state index is 0.0378. The van der Waals surface area contributed by atoms with Crippen molar-refractivity contribution in [2.45, 2.75) is 12.8 Å². The zero-order chi connectivity index (χ0) is 22.6. The lowest BCUT2D eigenvalue weighted by atomic mass is 10.2. The number of para-hydroxylation sites is 1. The molecule has 2 N–H and O–H groups in total. The van der Waals surface area contributed by atoms with Gasteiger partial charge < -0.3 is 20.1 Å². The second kappa shape index (κ2) is 13.4. The number of carboxylic acids is 1. The van der Waals surface area contributed by atoms with Gasteiger partial charge in [-0.15, -0.1) is 11.3 Å². The molecule has 0 saturated heterocycles. The maximum absolute atomic E-state index is 10.4. The molecule has 1 heterocycles. The second-order valence-corrected chi connectivity index (χ2v) is 9.71. The molecular formula is C24H31N3O3S2. The van der Waals surface area contributed by atoms with Gasteiger partial charge in [-0.1, -0.05) is 12.1 Å². The first-order valence-corrected chi connectivity index (χ1v) is 12.9. The quantitative estimate of drug-likeness (QED) is 0.312. The molecule has 0 aliphatic carbocycles. The molecular weight excluding hydrogens is 442 g/mol. The third-order valence-corrected chi connectivity index (χ3v) is 7.10. The number of likely N-dealkylation sites (N-methyl/N-ethyl adjacent to an activating group) is 1. The van der Waals surface area contributed by atoms with Gasteiger partial charge in [0.2, 0.25) is 0 Å². The SMILES string of the molecule is CN(CCOCCCCSCCNCC(=O)O)c1ccc(-c2nc3ccccc3s2)cc1. The number of hydrogen-bond acceptors (Lipinski definition) is 7. The van der Waals surface area contributed by atoms with Gasteiger partial charge in [0, 0.05) is 43.7 Å². The highest BCUT2D eigenvalue weighted by Crippen LogP contribution is 2.30. The van der Waals surface area contributed by atoms with Crippen molar-refractivity contribution < 1.29 is 14.6 Å². The van der Waals surface area contributed by atoms with Crippen LogP contribution in [0.4, 0.5) is 5.69 Å². The van der Waals surface area contributed by atoms with Crippen LogP contribution in [0.3, 0.4) is 0 Å². The van der Waals surface area contributed by atoms with E-state index < -0.39 is 5.97 Å². The van der Waals surface area contributed by atoms with E-state index in [1.807, 2.05) is 17.8 Å². The average Bonchev–Trinajstić information content (AvgIpc) is 3.24. The first kappa shape index (κ1) is 24.5. The van der Waals surface area contributed by atoms with E-state index in [4.69, 9.17) is 14.8 Å². The summed E-state index contributed by atoms with van der Waals surface area (Å²) < 4.78 is 7.00. The van der Waals surface area contributed by atoms with Crippen molar-refractivity contribution in [3.63, 3.8) is 0 Å². The molecule has 0 radical (unpaired) electrons. The van der Waals surface area contributed by atoms with Crippen LogP contribution in [0.15, 0.2) is 48.5 Å². The number of thiazole rings is 1. The van der Waals surface area contributed by atoms with Crippen LogP contribution in [0.2, 0.25) is 0 Å². The Hall–Kier alpha value is -2.13. The molecule has 8 heteroatoms. The molecule has 2 aromatic carbocycles. The Bertz CT molecular complexity index is 930. The highest BCUT2D eigenvalue weighted by atomic mass is 32.2. The number of carboxylic acid groups (broad SMARTS) is 1. The Morgan fingerprint density at radius 3 is 2.72 bits per heavy atom. The van der Waals surface area contributed by atoms with Gasteiger partial charge in [-0.05, 0) is 55.0 Å². The largest absolute Gasteiger partial charge is 0.480 e. The smallest absolute Gasteiger partial charge is 0.317 e. The molecule has 172 valence electrons. The van der Waals surface area contributed by atoms with Gasteiger partial charge in [-0.3, -0.25) is 4.79 Å². The normalized spacial score (nSPS) is 11.2.